The Morgan fingerprint density at radius 1 is 1.21 bits per heavy atom. The van der Waals surface area contributed by atoms with Crippen LogP contribution in [0.4, 0.5) is 16.0 Å². The molecule has 1 aromatic carbocycles. The van der Waals surface area contributed by atoms with Crippen LogP contribution < -0.4 is 16.0 Å². The summed E-state index contributed by atoms with van der Waals surface area (Å²) in [6.45, 7) is 3.68. The summed E-state index contributed by atoms with van der Waals surface area (Å²) < 4.78 is 43.9. The number of anilines is 2. The first-order chi connectivity index (χ1) is 15.6. The van der Waals surface area contributed by atoms with Crippen molar-refractivity contribution in [3.05, 3.63) is 46.6 Å². The van der Waals surface area contributed by atoms with Crippen molar-refractivity contribution in [3.63, 3.8) is 0 Å². The van der Waals surface area contributed by atoms with E-state index in [0.717, 1.165) is 32.1 Å². The van der Waals surface area contributed by atoms with Crippen LogP contribution >= 0.6 is 0 Å². The molecule has 0 atom stereocenters. The summed E-state index contributed by atoms with van der Waals surface area (Å²) in [5.41, 5.74) is 6.22. The number of fused-ring (bicyclic) bond motifs is 1. The Balaban J connectivity index is 1.67. The lowest BCUT2D eigenvalue weighted by Gasteiger charge is -2.21. The third-order valence-electron chi connectivity index (χ3n) is 6.03. The lowest BCUT2D eigenvalue weighted by atomic mass is 9.91. The van der Waals surface area contributed by atoms with Gasteiger partial charge in [-0.05, 0) is 56.4 Å². The van der Waals surface area contributed by atoms with Crippen LogP contribution in [0.15, 0.2) is 35.3 Å². The van der Waals surface area contributed by atoms with Gasteiger partial charge >= 0.3 is 0 Å². The Morgan fingerprint density at radius 2 is 1.94 bits per heavy atom. The van der Waals surface area contributed by atoms with Crippen molar-refractivity contribution in [2.24, 2.45) is 5.92 Å². The quantitative estimate of drug-likeness (QED) is 0.557. The van der Waals surface area contributed by atoms with Gasteiger partial charge in [-0.1, -0.05) is 25.3 Å². The van der Waals surface area contributed by atoms with Gasteiger partial charge in [0.25, 0.3) is 5.56 Å². The lowest BCUT2D eigenvalue weighted by molar-refractivity contribution is 0.385. The van der Waals surface area contributed by atoms with Gasteiger partial charge in [-0.2, -0.15) is 4.98 Å². The molecule has 10 heteroatoms. The second kappa shape index (κ2) is 9.09. The number of halogens is 1. The highest BCUT2D eigenvalue weighted by molar-refractivity contribution is 7.92. The summed E-state index contributed by atoms with van der Waals surface area (Å²) in [5.74, 6) is -0.605. The number of nitrogens with zero attached hydrogens (tertiary/aromatic N) is 3. The molecule has 2 aromatic heterocycles. The topological polar surface area (TPSA) is 120 Å². The molecule has 0 radical (unpaired) electrons. The molecule has 1 fully saturated rings. The maximum Gasteiger partial charge on any atom is 0.260 e. The van der Waals surface area contributed by atoms with Gasteiger partial charge in [0.05, 0.1) is 11.4 Å². The van der Waals surface area contributed by atoms with E-state index in [1.54, 1.807) is 6.07 Å². The maximum absolute atomic E-state index is 14.9. The Labute approximate surface area is 192 Å². The van der Waals surface area contributed by atoms with Gasteiger partial charge in [-0.25, -0.2) is 17.8 Å². The minimum atomic E-state index is -3.68. The van der Waals surface area contributed by atoms with E-state index in [4.69, 9.17) is 5.73 Å². The number of nitrogens with one attached hydrogen (secondary N) is 1. The summed E-state index contributed by atoms with van der Waals surface area (Å²) >= 11 is 0. The molecule has 0 saturated heterocycles. The van der Waals surface area contributed by atoms with Crippen LogP contribution in [0.25, 0.3) is 22.2 Å². The molecule has 1 aliphatic carbocycles. The summed E-state index contributed by atoms with van der Waals surface area (Å²) in [4.78, 5) is 21.4. The SMILES string of the molecule is CC(C)n1c(=O)c(-c2ccc(NS(=O)(=O)CC3CCCCC3)c(F)c2)cc2cnc(N)nc21. The Bertz CT molecular complexity index is 1350. The third-order valence-corrected chi connectivity index (χ3v) is 7.47. The molecule has 0 unspecified atom stereocenters. The van der Waals surface area contributed by atoms with Crippen molar-refractivity contribution in [1.82, 2.24) is 14.5 Å². The summed E-state index contributed by atoms with van der Waals surface area (Å²) in [5, 5.41) is 0.588. The molecule has 33 heavy (non-hydrogen) atoms. The van der Waals surface area contributed by atoms with Gasteiger partial charge in [-0.3, -0.25) is 14.1 Å². The molecule has 0 amide bonds. The van der Waals surface area contributed by atoms with Crippen molar-refractivity contribution in [3.8, 4) is 11.1 Å². The van der Waals surface area contributed by atoms with Gasteiger partial charge in [0.2, 0.25) is 16.0 Å². The molecule has 3 N–H and O–H groups in total. The number of rotatable bonds is 6. The number of hydrogen-bond donors (Lipinski definition) is 2. The van der Waals surface area contributed by atoms with E-state index in [0.29, 0.717) is 16.6 Å². The van der Waals surface area contributed by atoms with E-state index < -0.39 is 15.8 Å². The fraction of sp³-hybridized carbons (Fsp3) is 0.435. The molecular formula is C23H28FN5O3S. The van der Waals surface area contributed by atoms with Gasteiger partial charge in [0.15, 0.2) is 0 Å². The second-order valence-electron chi connectivity index (χ2n) is 8.92. The van der Waals surface area contributed by atoms with Gasteiger partial charge in [0.1, 0.15) is 11.5 Å². The van der Waals surface area contributed by atoms with E-state index in [-0.39, 0.29) is 40.5 Å². The monoisotopic (exact) mass is 473 g/mol. The van der Waals surface area contributed by atoms with Crippen LogP contribution in [0.2, 0.25) is 0 Å². The largest absolute Gasteiger partial charge is 0.368 e. The van der Waals surface area contributed by atoms with E-state index in [2.05, 4.69) is 14.7 Å². The predicted octanol–water partition coefficient (Wildman–Crippen LogP) is 4.08. The minimum Gasteiger partial charge on any atom is -0.368 e. The number of pyridine rings is 1. The molecule has 1 saturated carbocycles. The van der Waals surface area contributed by atoms with Gasteiger partial charge < -0.3 is 5.73 Å². The highest BCUT2D eigenvalue weighted by atomic mass is 32.2. The zero-order valence-corrected chi connectivity index (χ0v) is 19.5. The van der Waals surface area contributed by atoms with Crippen LogP contribution in [0.1, 0.15) is 52.0 Å². The van der Waals surface area contributed by atoms with E-state index in [9.17, 15) is 17.6 Å². The van der Waals surface area contributed by atoms with E-state index in [1.165, 1.54) is 29.0 Å². The number of hydrogen-bond acceptors (Lipinski definition) is 6. The van der Waals surface area contributed by atoms with Crippen LogP contribution in [0, 0.1) is 11.7 Å². The Hall–Kier alpha value is -3.01. The van der Waals surface area contributed by atoms with Crippen molar-refractivity contribution in [1.29, 1.82) is 0 Å². The number of nitrogen functional groups attached to an aromatic ring is 1. The fourth-order valence-electron chi connectivity index (χ4n) is 4.46. The number of sulfonamides is 1. The predicted molar refractivity (Wildman–Crippen MR) is 128 cm³/mol. The Morgan fingerprint density at radius 3 is 2.61 bits per heavy atom. The first-order valence-corrected chi connectivity index (χ1v) is 12.8. The van der Waals surface area contributed by atoms with Crippen molar-refractivity contribution >= 4 is 32.7 Å². The maximum atomic E-state index is 14.9. The lowest BCUT2D eigenvalue weighted by Crippen LogP contribution is -2.25. The average molecular weight is 474 g/mol. The molecule has 176 valence electrons. The summed E-state index contributed by atoms with van der Waals surface area (Å²) in [6, 6.07) is 5.44. The summed E-state index contributed by atoms with van der Waals surface area (Å²) in [6.07, 6.45) is 6.46. The molecule has 0 bridgehead atoms. The van der Waals surface area contributed by atoms with Crippen LogP contribution in [0.3, 0.4) is 0 Å². The molecule has 4 rings (SSSR count). The molecule has 3 aromatic rings. The first-order valence-electron chi connectivity index (χ1n) is 11.1. The number of nitrogens with two attached hydrogens (primary N) is 1. The average Bonchev–Trinajstić information content (AvgIpc) is 2.74. The highest BCUT2D eigenvalue weighted by Gasteiger charge is 2.23. The van der Waals surface area contributed by atoms with Gasteiger partial charge in [-0.15, -0.1) is 0 Å². The normalized spacial score (nSPS) is 15.3. The van der Waals surface area contributed by atoms with Crippen molar-refractivity contribution < 1.29 is 12.8 Å². The number of benzene rings is 1. The molecule has 0 spiro atoms. The smallest absolute Gasteiger partial charge is 0.260 e. The molecular weight excluding hydrogens is 445 g/mol. The number of aromatic nitrogens is 3. The molecule has 2 heterocycles. The second-order valence-corrected chi connectivity index (χ2v) is 10.7. The standard InChI is InChI=1S/C23H28FN5O3S/c1-14(2)29-21-17(12-26-23(25)27-21)10-18(22(29)30)16-8-9-20(19(24)11-16)28-33(31,32)13-15-6-4-3-5-7-15/h8-12,14-15,28H,3-7,13H2,1-2H3,(H2,25,26,27). The highest BCUT2D eigenvalue weighted by Crippen LogP contribution is 2.28. The van der Waals surface area contributed by atoms with E-state index >= 15 is 0 Å². The zero-order valence-electron chi connectivity index (χ0n) is 18.7. The zero-order chi connectivity index (χ0) is 23.8. The van der Waals surface area contributed by atoms with Crippen LogP contribution in [-0.4, -0.2) is 28.7 Å². The van der Waals surface area contributed by atoms with Crippen LogP contribution in [0.5, 0.6) is 0 Å². The van der Waals surface area contributed by atoms with E-state index in [1.807, 2.05) is 13.8 Å². The first kappa shape index (κ1) is 23.2. The van der Waals surface area contributed by atoms with Crippen LogP contribution in [-0.2, 0) is 10.0 Å². The summed E-state index contributed by atoms with van der Waals surface area (Å²) in [7, 11) is -3.68. The van der Waals surface area contributed by atoms with Crippen molar-refractivity contribution in [2.45, 2.75) is 52.0 Å². The molecule has 8 nitrogen and oxygen atoms in total. The van der Waals surface area contributed by atoms with Gasteiger partial charge in [0, 0.05) is 23.2 Å². The Kier molecular flexibility index (Phi) is 6.38. The fourth-order valence-corrected chi connectivity index (χ4v) is 6.00. The molecule has 0 aliphatic heterocycles. The minimum absolute atomic E-state index is 0.0128. The third kappa shape index (κ3) is 5.00. The van der Waals surface area contributed by atoms with Crippen molar-refractivity contribution in [2.75, 3.05) is 16.2 Å². The molecule has 1 aliphatic rings.